The van der Waals surface area contributed by atoms with Crippen molar-refractivity contribution in [2.24, 2.45) is 0 Å². The topological polar surface area (TPSA) is 75.4 Å². The van der Waals surface area contributed by atoms with Gasteiger partial charge < -0.3 is 14.6 Å². The van der Waals surface area contributed by atoms with E-state index in [4.69, 9.17) is 4.42 Å². The number of aryl methyl sites for hydroxylation is 1. The molecule has 0 aliphatic heterocycles. The van der Waals surface area contributed by atoms with Gasteiger partial charge >= 0.3 is 0 Å². The molecule has 0 saturated carbocycles. The number of rotatable bonds is 11. The number of amides is 2. The lowest BCUT2D eigenvalue weighted by Gasteiger charge is -2.27. The second kappa shape index (κ2) is 11.5. The number of hydrogen-bond acceptors (Lipinski definition) is 4. The van der Waals surface area contributed by atoms with Crippen molar-refractivity contribution in [3.8, 4) is 0 Å². The first kappa shape index (κ1) is 23.6. The molecule has 1 aromatic heterocycles. The summed E-state index contributed by atoms with van der Waals surface area (Å²) < 4.78 is 5.51. The van der Waals surface area contributed by atoms with Crippen molar-refractivity contribution < 1.29 is 14.0 Å². The van der Waals surface area contributed by atoms with Gasteiger partial charge in [-0.1, -0.05) is 39.3 Å². The van der Waals surface area contributed by atoms with Gasteiger partial charge in [0.1, 0.15) is 6.26 Å². The Morgan fingerprint density at radius 3 is 2.40 bits per heavy atom. The predicted molar refractivity (Wildman–Crippen MR) is 118 cm³/mol. The van der Waals surface area contributed by atoms with Crippen molar-refractivity contribution in [1.29, 1.82) is 0 Å². The van der Waals surface area contributed by atoms with Crippen molar-refractivity contribution in [3.05, 3.63) is 53.2 Å². The molecule has 2 amide bonds. The average Bonchev–Trinajstić information content (AvgIpc) is 3.24. The molecule has 0 radical (unpaired) electrons. The summed E-state index contributed by atoms with van der Waals surface area (Å²) in [6.45, 7) is 10.4. The molecule has 6 nitrogen and oxygen atoms in total. The molecule has 0 aliphatic carbocycles. The summed E-state index contributed by atoms with van der Waals surface area (Å²) in [6, 6.07) is 7.92. The SMILES string of the molecule is CCCCc1ccc(C(=O)N(Cc2nc(C(=O)N[C@@H](C)CC)co2)[C@@H](C)CC)cc1. The monoisotopic (exact) mass is 413 g/mol. The number of nitrogens with zero attached hydrogens (tertiary/aromatic N) is 2. The molecule has 30 heavy (non-hydrogen) atoms. The van der Waals surface area contributed by atoms with E-state index in [0.29, 0.717) is 11.5 Å². The molecule has 6 heteroatoms. The standard InChI is InChI=1S/C24H35N3O3/c1-6-9-10-19-11-13-20(14-12-19)24(29)27(18(5)8-3)15-22-26-21(16-30-22)23(28)25-17(4)7-2/h11-14,16-18H,6-10,15H2,1-5H3,(H,25,28)/t17-,18-/m0/s1. The zero-order valence-electron chi connectivity index (χ0n) is 18.9. The molecule has 0 spiro atoms. The van der Waals surface area contributed by atoms with Crippen LogP contribution in [-0.4, -0.2) is 33.8 Å². The van der Waals surface area contributed by atoms with Crippen LogP contribution in [0.4, 0.5) is 0 Å². The van der Waals surface area contributed by atoms with E-state index < -0.39 is 0 Å². The first-order valence-corrected chi connectivity index (χ1v) is 11.0. The molecular weight excluding hydrogens is 378 g/mol. The number of aromatic nitrogens is 1. The lowest BCUT2D eigenvalue weighted by molar-refractivity contribution is 0.0652. The van der Waals surface area contributed by atoms with E-state index in [1.807, 2.05) is 52.0 Å². The first-order valence-electron chi connectivity index (χ1n) is 11.0. The number of carbonyl (C=O) groups excluding carboxylic acids is 2. The summed E-state index contributed by atoms with van der Waals surface area (Å²) in [4.78, 5) is 31.5. The maximum atomic E-state index is 13.2. The molecule has 2 atom stereocenters. The molecule has 1 N–H and O–H groups in total. The van der Waals surface area contributed by atoms with Crippen LogP contribution in [0.25, 0.3) is 0 Å². The fourth-order valence-electron chi connectivity index (χ4n) is 3.04. The molecule has 164 valence electrons. The third-order valence-electron chi connectivity index (χ3n) is 5.48. The Balaban J connectivity index is 2.13. The van der Waals surface area contributed by atoms with E-state index >= 15 is 0 Å². The van der Waals surface area contributed by atoms with Gasteiger partial charge in [-0.05, 0) is 57.2 Å². The Kier molecular flexibility index (Phi) is 9.09. The molecule has 0 aliphatic rings. The molecule has 0 fully saturated rings. The van der Waals surface area contributed by atoms with E-state index in [9.17, 15) is 9.59 Å². The molecular formula is C24H35N3O3. The number of benzene rings is 1. The largest absolute Gasteiger partial charge is 0.446 e. The van der Waals surface area contributed by atoms with Crippen molar-refractivity contribution >= 4 is 11.8 Å². The molecule has 0 bridgehead atoms. The molecule has 1 aromatic carbocycles. The summed E-state index contributed by atoms with van der Waals surface area (Å²) in [7, 11) is 0. The highest BCUT2D eigenvalue weighted by Crippen LogP contribution is 2.17. The summed E-state index contributed by atoms with van der Waals surface area (Å²) >= 11 is 0. The summed E-state index contributed by atoms with van der Waals surface area (Å²) in [6.07, 6.45) is 6.32. The zero-order chi connectivity index (χ0) is 22.1. The van der Waals surface area contributed by atoms with Crippen LogP contribution in [-0.2, 0) is 13.0 Å². The van der Waals surface area contributed by atoms with E-state index in [1.165, 1.54) is 11.8 Å². The maximum Gasteiger partial charge on any atom is 0.273 e. The highest BCUT2D eigenvalue weighted by atomic mass is 16.3. The third kappa shape index (κ3) is 6.44. The van der Waals surface area contributed by atoms with Gasteiger partial charge in [0.2, 0.25) is 5.89 Å². The van der Waals surface area contributed by atoms with Crippen LogP contribution >= 0.6 is 0 Å². The van der Waals surface area contributed by atoms with Gasteiger partial charge in [-0.2, -0.15) is 0 Å². The highest BCUT2D eigenvalue weighted by molar-refractivity contribution is 5.94. The lowest BCUT2D eigenvalue weighted by atomic mass is 10.1. The molecule has 0 saturated heterocycles. The van der Waals surface area contributed by atoms with Crippen molar-refractivity contribution in [2.75, 3.05) is 0 Å². The van der Waals surface area contributed by atoms with Gasteiger partial charge in [-0.3, -0.25) is 9.59 Å². The number of nitrogens with one attached hydrogen (secondary N) is 1. The van der Waals surface area contributed by atoms with Gasteiger partial charge in [-0.25, -0.2) is 4.98 Å². The van der Waals surface area contributed by atoms with Crippen LogP contribution in [0.5, 0.6) is 0 Å². The van der Waals surface area contributed by atoms with Crippen LogP contribution in [0.15, 0.2) is 34.9 Å². The molecule has 0 unspecified atom stereocenters. The summed E-state index contributed by atoms with van der Waals surface area (Å²) in [5.41, 5.74) is 2.13. The Bertz CT molecular complexity index is 813. The van der Waals surface area contributed by atoms with Gasteiger partial charge in [0, 0.05) is 17.6 Å². The van der Waals surface area contributed by atoms with Gasteiger partial charge in [0.25, 0.3) is 11.8 Å². The van der Waals surface area contributed by atoms with Crippen LogP contribution in [0.2, 0.25) is 0 Å². The third-order valence-corrected chi connectivity index (χ3v) is 5.48. The summed E-state index contributed by atoms with van der Waals surface area (Å²) in [5, 5.41) is 2.87. The van der Waals surface area contributed by atoms with Crippen LogP contribution in [0.1, 0.15) is 92.6 Å². The normalized spacial score (nSPS) is 13.0. The number of carbonyl (C=O) groups is 2. The Morgan fingerprint density at radius 2 is 1.80 bits per heavy atom. The average molecular weight is 414 g/mol. The minimum atomic E-state index is -0.261. The number of unbranched alkanes of at least 4 members (excludes halogenated alkanes) is 1. The maximum absolute atomic E-state index is 13.2. The summed E-state index contributed by atoms with van der Waals surface area (Å²) in [5.74, 6) is 0.0381. The minimum absolute atomic E-state index is 0.0153. The van der Waals surface area contributed by atoms with Gasteiger partial charge in [0.15, 0.2) is 5.69 Å². The Labute approximate surface area is 180 Å². The Hall–Kier alpha value is -2.63. The van der Waals surface area contributed by atoms with Crippen LogP contribution < -0.4 is 5.32 Å². The van der Waals surface area contributed by atoms with E-state index in [2.05, 4.69) is 17.2 Å². The second-order valence-corrected chi connectivity index (χ2v) is 7.90. The fourth-order valence-corrected chi connectivity index (χ4v) is 3.04. The predicted octanol–water partition coefficient (Wildman–Crippen LogP) is 4.99. The van der Waals surface area contributed by atoms with E-state index in [1.54, 1.807) is 4.90 Å². The van der Waals surface area contributed by atoms with E-state index in [0.717, 1.165) is 32.1 Å². The van der Waals surface area contributed by atoms with Crippen LogP contribution in [0, 0.1) is 0 Å². The van der Waals surface area contributed by atoms with E-state index in [-0.39, 0.29) is 36.1 Å². The Morgan fingerprint density at radius 1 is 1.10 bits per heavy atom. The fraction of sp³-hybridized carbons (Fsp3) is 0.542. The molecule has 1 heterocycles. The quantitative estimate of drug-likeness (QED) is 0.563. The smallest absolute Gasteiger partial charge is 0.273 e. The first-order chi connectivity index (χ1) is 14.4. The van der Waals surface area contributed by atoms with Crippen molar-refractivity contribution in [1.82, 2.24) is 15.2 Å². The minimum Gasteiger partial charge on any atom is -0.446 e. The number of hydrogen-bond donors (Lipinski definition) is 1. The molecule has 2 aromatic rings. The highest BCUT2D eigenvalue weighted by Gasteiger charge is 2.24. The van der Waals surface area contributed by atoms with Crippen molar-refractivity contribution in [2.45, 2.75) is 85.4 Å². The lowest BCUT2D eigenvalue weighted by Crippen LogP contribution is -2.38. The molecule has 2 rings (SSSR count). The van der Waals surface area contributed by atoms with Gasteiger partial charge in [0.05, 0.1) is 6.54 Å². The number of oxazole rings is 1. The second-order valence-electron chi connectivity index (χ2n) is 7.90. The van der Waals surface area contributed by atoms with Gasteiger partial charge in [-0.15, -0.1) is 0 Å². The zero-order valence-corrected chi connectivity index (χ0v) is 18.9. The van der Waals surface area contributed by atoms with Crippen LogP contribution in [0.3, 0.4) is 0 Å². The van der Waals surface area contributed by atoms with Crippen molar-refractivity contribution in [3.63, 3.8) is 0 Å².